The second-order valence-corrected chi connectivity index (χ2v) is 4.70. The number of nitrogens with two attached hydrogens (primary N) is 1. The van der Waals surface area contributed by atoms with Gasteiger partial charge in [0.05, 0.1) is 10.0 Å². The van der Waals surface area contributed by atoms with E-state index in [1.165, 1.54) is 11.3 Å². The molecule has 2 amide bonds. The summed E-state index contributed by atoms with van der Waals surface area (Å²) in [5.74, 6) is 0. The number of halogens is 2. The van der Waals surface area contributed by atoms with Crippen molar-refractivity contribution in [3.63, 3.8) is 0 Å². The maximum absolute atomic E-state index is 10.4. The summed E-state index contributed by atoms with van der Waals surface area (Å²) in [6.07, 6.45) is 0. The van der Waals surface area contributed by atoms with Gasteiger partial charge in [0.2, 0.25) is 0 Å². The number of thiophene rings is 1. The molecule has 1 aromatic heterocycles. The fourth-order valence-corrected chi connectivity index (χ4v) is 2.35. The molecular weight excluding hydrogens is 245 g/mol. The molecule has 1 heterocycles. The van der Waals surface area contributed by atoms with Gasteiger partial charge in [0, 0.05) is 5.56 Å². The van der Waals surface area contributed by atoms with Gasteiger partial charge >= 0.3 is 6.03 Å². The molecule has 0 aliphatic carbocycles. The minimum atomic E-state index is -0.721. The molecule has 0 aliphatic rings. The van der Waals surface area contributed by atoms with Crippen molar-refractivity contribution < 1.29 is 4.79 Å². The lowest BCUT2D eigenvalue weighted by atomic mass is 10.2. The SMILES string of the molecule is C/C(=N/NC(N)=O)c1cc(Cl)sc1Cl. The van der Waals surface area contributed by atoms with E-state index in [1.54, 1.807) is 13.0 Å². The number of rotatable bonds is 2. The van der Waals surface area contributed by atoms with Crippen LogP contribution >= 0.6 is 34.5 Å². The molecule has 0 bridgehead atoms. The van der Waals surface area contributed by atoms with Gasteiger partial charge in [-0.3, -0.25) is 0 Å². The van der Waals surface area contributed by atoms with E-state index in [2.05, 4.69) is 10.5 Å². The largest absolute Gasteiger partial charge is 0.350 e. The Kier molecular flexibility index (Phi) is 3.74. The molecule has 3 N–H and O–H groups in total. The zero-order valence-electron chi connectivity index (χ0n) is 7.17. The first-order valence-corrected chi connectivity index (χ1v) is 5.13. The highest BCUT2D eigenvalue weighted by Crippen LogP contribution is 2.31. The zero-order chi connectivity index (χ0) is 10.7. The molecule has 0 atom stereocenters. The van der Waals surface area contributed by atoms with E-state index in [0.29, 0.717) is 19.9 Å². The molecule has 0 aliphatic heterocycles. The molecular formula is C7H7Cl2N3OS. The van der Waals surface area contributed by atoms with Gasteiger partial charge < -0.3 is 5.73 Å². The smallest absolute Gasteiger partial charge is 0.332 e. The highest BCUT2D eigenvalue weighted by Gasteiger charge is 2.08. The molecule has 0 aromatic carbocycles. The quantitative estimate of drug-likeness (QED) is 0.616. The van der Waals surface area contributed by atoms with E-state index in [-0.39, 0.29) is 0 Å². The first-order chi connectivity index (χ1) is 6.50. The van der Waals surface area contributed by atoms with Gasteiger partial charge in [0.1, 0.15) is 4.34 Å². The molecule has 0 unspecified atom stereocenters. The summed E-state index contributed by atoms with van der Waals surface area (Å²) in [6.45, 7) is 1.69. The van der Waals surface area contributed by atoms with Crippen molar-refractivity contribution >= 4 is 46.3 Å². The molecule has 14 heavy (non-hydrogen) atoms. The van der Waals surface area contributed by atoms with Crippen molar-refractivity contribution in [2.45, 2.75) is 6.92 Å². The first kappa shape index (κ1) is 11.3. The van der Waals surface area contributed by atoms with E-state index >= 15 is 0 Å². The second kappa shape index (κ2) is 4.63. The van der Waals surface area contributed by atoms with Gasteiger partial charge in [-0.25, -0.2) is 10.2 Å². The van der Waals surface area contributed by atoms with Gasteiger partial charge in [-0.1, -0.05) is 23.2 Å². The van der Waals surface area contributed by atoms with E-state index in [9.17, 15) is 4.79 Å². The third kappa shape index (κ3) is 2.87. The number of amides is 2. The summed E-state index contributed by atoms with van der Waals surface area (Å²) in [4.78, 5) is 10.4. The summed E-state index contributed by atoms with van der Waals surface area (Å²) in [6, 6.07) is 0.956. The number of urea groups is 1. The van der Waals surface area contributed by atoms with E-state index in [4.69, 9.17) is 28.9 Å². The topological polar surface area (TPSA) is 67.5 Å². The van der Waals surface area contributed by atoms with Crippen molar-refractivity contribution in [2.24, 2.45) is 10.8 Å². The van der Waals surface area contributed by atoms with Gasteiger partial charge in [0.15, 0.2) is 0 Å². The van der Waals surface area contributed by atoms with Crippen molar-refractivity contribution in [2.75, 3.05) is 0 Å². The Morgan fingerprint density at radius 3 is 2.71 bits per heavy atom. The van der Waals surface area contributed by atoms with E-state index < -0.39 is 6.03 Å². The third-order valence-electron chi connectivity index (χ3n) is 1.38. The average molecular weight is 252 g/mol. The summed E-state index contributed by atoms with van der Waals surface area (Å²) >= 11 is 12.8. The number of carbonyl (C=O) groups excluding carboxylic acids is 1. The minimum absolute atomic E-state index is 0.530. The normalized spacial score (nSPS) is 11.5. The number of primary amides is 1. The van der Waals surface area contributed by atoms with Crippen LogP contribution in [0, 0.1) is 0 Å². The Balaban J connectivity index is 2.88. The standard InChI is InChI=1S/C7H7Cl2N3OS/c1-3(11-12-7(10)13)4-2-5(8)14-6(4)9/h2H,1H3,(H3,10,12,13)/b11-3-. The second-order valence-electron chi connectivity index (χ2n) is 2.41. The minimum Gasteiger partial charge on any atom is -0.350 e. The maximum atomic E-state index is 10.4. The summed E-state index contributed by atoms with van der Waals surface area (Å²) in [5.41, 5.74) is 8.20. The molecule has 1 rings (SSSR count). The van der Waals surface area contributed by atoms with Crippen LogP contribution in [-0.4, -0.2) is 11.7 Å². The molecule has 0 spiro atoms. The highest BCUT2D eigenvalue weighted by molar-refractivity contribution is 7.20. The number of hydrazone groups is 1. The van der Waals surface area contributed by atoms with Crippen LogP contribution in [0.1, 0.15) is 12.5 Å². The third-order valence-corrected chi connectivity index (χ3v) is 2.87. The Labute approximate surface area is 94.7 Å². The van der Waals surface area contributed by atoms with Crippen LogP contribution in [0.2, 0.25) is 8.67 Å². The van der Waals surface area contributed by atoms with Crippen LogP contribution in [0.4, 0.5) is 4.79 Å². The fraction of sp³-hybridized carbons (Fsp3) is 0.143. The van der Waals surface area contributed by atoms with Crippen LogP contribution in [-0.2, 0) is 0 Å². The molecule has 7 heteroatoms. The van der Waals surface area contributed by atoms with Gasteiger partial charge in [0.25, 0.3) is 0 Å². The van der Waals surface area contributed by atoms with Crippen LogP contribution < -0.4 is 11.2 Å². The lowest BCUT2D eigenvalue weighted by molar-refractivity contribution is 0.249. The van der Waals surface area contributed by atoms with Crippen LogP contribution in [0.3, 0.4) is 0 Å². The van der Waals surface area contributed by atoms with Crippen LogP contribution in [0.15, 0.2) is 11.2 Å². The molecule has 0 fully saturated rings. The summed E-state index contributed by atoms with van der Waals surface area (Å²) in [7, 11) is 0. The molecule has 76 valence electrons. The van der Waals surface area contributed by atoms with E-state index in [0.717, 1.165) is 0 Å². The summed E-state index contributed by atoms with van der Waals surface area (Å²) < 4.78 is 1.10. The fourth-order valence-electron chi connectivity index (χ4n) is 0.786. The number of hydrogen-bond acceptors (Lipinski definition) is 3. The zero-order valence-corrected chi connectivity index (χ0v) is 9.50. The van der Waals surface area contributed by atoms with E-state index in [1.807, 2.05) is 0 Å². The number of nitrogens with one attached hydrogen (secondary N) is 1. The molecule has 4 nitrogen and oxygen atoms in total. The first-order valence-electron chi connectivity index (χ1n) is 3.55. The Morgan fingerprint density at radius 1 is 1.64 bits per heavy atom. The van der Waals surface area contributed by atoms with Crippen molar-refractivity contribution in [3.05, 3.63) is 20.3 Å². The number of hydrogen-bond donors (Lipinski definition) is 2. The average Bonchev–Trinajstić information content (AvgIpc) is 2.41. The monoisotopic (exact) mass is 251 g/mol. The molecule has 1 aromatic rings. The molecule has 0 radical (unpaired) electrons. The molecule has 0 saturated heterocycles. The summed E-state index contributed by atoms with van der Waals surface area (Å²) in [5, 5.41) is 3.72. The van der Waals surface area contributed by atoms with Crippen LogP contribution in [0.5, 0.6) is 0 Å². The van der Waals surface area contributed by atoms with Gasteiger partial charge in [-0.05, 0) is 13.0 Å². The van der Waals surface area contributed by atoms with Crippen molar-refractivity contribution in [3.8, 4) is 0 Å². The van der Waals surface area contributed by atoms with Gasteiger partial charge in [-0.2, -0.15) is 5.10 Å². The van der Waals surface area contributed by atoms with Crippen LogP contribution in [0.25, 0.3) is 0 Å². The van der Waals surface area contributed by atoms with Crippen molar-refractivity contribution in [1.82, 2.24) is 5.43 Å². The predicted molar refractivity (Wildman–Crippen MR) is 59.3 cm³/mol. The lowest BCUT2D eigenvalue weighted by Crippen LogP contribution is -2.25. The molecule has 0 saturated carbocycles. The maximum Gasteiger partial charge on any atom is 0.332 e. The Hall–Kier alpha value is -0.780. The number of nitrogens with zero attached hydrogens (tertiary/aromatic N) is 1. The Morgan fingerprint density at radius 2 is 2.29 bits per heavy atom. The van der Waals surface area contributed by atoms with Gasteiger partial charge in [-0.15, -0.1) is 11.3 Å². The van der Waals surface area contributed by atoms with Crippen molar-refractivity contribution in [1.29, 1.82) is 0 Å². The predicted octanol–water partition coefficient (Wildman–Crippen LogP) is 2.45. The Bertz CT molecular complexity index is 388. The lowest BCUT2D eigenvalue weighted by Gasteiger charge is -1.97. The number of carbonyl (C=O) groups is 1. The highest BCUT2D eigenvalue weighted by atomic mass is 35.5.